The summed E-state index contributed by atoms with van der Waals surface area (Å²) in [4.78, 5) is 23.7. The molecule has 1 fully saturated rings. The van der Waals surface area contributed by atoms with Crippen LogP contribution in [0.3, 0.4) is 0 Å². The molecule has 1 N–H and O–H groups in total. The molecular formula is C20H19ClN4O2S. The molecule has 4 rings (SSSR count). The summed E-state index contributed by atoms with van der Waals surface area (Å²) in [6.07, 6.45) is 1.80. The van der Waals surface area contributed by atoms with Gasteiger partial charge in [-0.05, 0) is 42.8 Å². The number of ether oxygens (including phenoxy) is 1. The van der Waals surface area contributed by atoms with Crippen molar-refractivity contribution in [2.45, 2.75) is 6.92 Å². The Morgan fingerprint density at radius 2 is 2.07 bits per heavy atom. The van der Waals surface area contributed by atoms with Crippen molar-refractivity contribution in [1.82, 2.24) is 9.97 Å². The molecule has 1 aliphatic heterocycles. The minimum atomic E-state index is -0.245. The Bertz CT molecular complexity index is 984. The van der Waals surface area contributed by atoms with Gasteiger partial charge in [-0.3, -0.25) is 4.79 Å². The van der Waals surface area contributed by atoms with Gasteiger partial charge in [-0.25, -0.2) is 9.97 Å². The standard InChI is InChI=1S/C20H19ClN4O2S/c1-13-10-15(21)3-4-16(13)23-19(26)17-12-28-20(24-17)14-2-5-18(22-11-14)25-6-8-27-9-7-25/h2-5,10-12H,6-9H2,1H3,(H,23,26). The average Bonchev–Trinajstić information content (AvgIpc) is 3.21. The van der Waals surface area contributed by atoms with Crippen LogP contribution in [0.2, 0.25) is 5.02 Å². The molecule has 2 aromatic heterocycles. The fourth-order valence-electron chi connectivity index (χ4n) is 2.96. The molecule has 0 unspecified atom stereocenters. The number of anilines is 2. The zero-order chi connectivity index (χ0) is 19.5. The van der Waals surface area contributed by atoms with E-state index in [0.717, 1.165) is 53.9 Å². The molecule has 0 atom stereocenters. The number of nitrogens with zero attached hydrogens (tertiary/aromatic N) is 3. The van der Waals surface area contributed by atoms with Crippen LogP contribution in [0.25, 0.3) is 10.6 Å². The minimum Gasteiger partial charge on any atom is -0.378 e. The molecule has 0 saturated carbocycles. The van der Waals surface area contributed by atoms with E-state index >= 15 is 0 Å². The maximum atomic E-state index is 12.5. The van der Waals surface area contributed by atoms with E-state index < -0.39 is 0 Å². The summed E-state index contributed by atoms with van der Waals surface area (Å²) in [5.74, 6) is 0.686. The highest BCUT2D eigenvalue weighted by Crippen LogP contribution is 2.26. The Morgan fingerprint density at radius 1 is 1.25 bits per heavy atom. The number of hydrogen-bond acceptors (Lipinski definition) is 6. The van der Waals surface area contributed by atoms with Gasteiger partial charge in [-0.15, -0.1) is 11.3 Å². The highest BCUT2D eigenvalue weighted by atomic mass is 35.5. The van der Waals surface area contributed by atoms with E-state index in [1.807, 2.05) is 25.1 Å². The van der Waals surface area contributed by atoms with E-state index in [1.165, 1.54) is 11.3 Å². The van der Waals surface area contributed by atoms with Crippen LogP contribution in [0, 0.1) is 6.92 Å². The van der Waals surface area contributed by atoms with E-state index in [0.29, 0.717) is 10.7 Å². The highest BCUT2D eigenvalue weighted by Gasteiger charge is 2.15. The van der Waals surface area contributed by atoms with Crippen molar-refractivity contribution >= 4 is 40.4 Å². The number of hydrogen-bond donors (Lipinski definition) is 1. The third-order valence-electron chi connectivity index (χ3n) is 4.50. The van der Waals surface area contributed by atoms with Crippen LogP contribution in [0.4, 0.5) is 11.5 Å². The molecule has 1 aromatic carbocycles. The predicted octanol–water partition coefficient (Wildman–Crippen LogP) is 4.26. The maximum absolute atomic E-state index is 12.5. The number of pyridine rings is 1. The number of nitrogens with one attached hydrogen (secondary N) is 1. The van der Waals surface area contributed by atoms with E-state index in [-0.39, 0.29) is 5.91 Å². The third kappa shape index (κ3) is 4.16. The van der Waals surface area contributed by atoms with Crippen LogP contribution < -0.4 is 10.2 Å². The Balaban J connectivity index is 1.46. The molecule has 28 heavy (non-hydrogen) atoms. The fraction of sp³-hybridized carbons (Fsp3) is 0.250. The summed E-state index contributed by atoms with van der Waals surface area (Å²) in [7, 11) is 0. The lowest BCUT2D eigenvalue weighted by molar-refractivity contribution is 0.102. The number of benzene rings is 1. The molecule has 8 heteroatoms. The molecular weight excluding hydrogens is 396 g/mol. The first kappa shape index (κ1) is 18.9. The predicted molar refractivity (Wildman–Crippen MR) is 113 cm³/mol. The first-order valence-corrected chi connectivity index (χ1v) is 10.2. The van der Waals surface area contributed by atoms with Gasteiger partial charge in [0, 0.05) is 40.9 Å². The summed E-state index contributed by atoms with van der Waals surface area (Å²) in [6, 6.07) is 9.32. The van der Waals surface area contributed by atoms with Gasteiger partial charge in [0.1, 0.15) is 16.5 Å². The van der Waals surface area contributed by atoms with Gasteiger partial charge in [-0.2, -0.15) is 0 Å². The van der Waals surface area contributed by atoms with Gasteiger partial charge < -0.3 is 15.0 Å². The normalized spacial score (nSPS) is 14.1. The number of aryl methyl sites for hydroxylation is 1. The van der Waals surface area contributed by atoms with Crippen molar-refractivity contribution in [3.8, 4) is 10.6 Å². The van der Waals surface area contributed by atoms with E-state index in [9.17, 15) is 4.79 Å². The quantitative estimate of drug-likeness (QED) is 0.691. The largest absolute Gasteiger partial charge is 0.378 e. The summed E-state index contributed by atoms with van der Waals surface area (Å²) in [6.45, 7) is 5.04. The maximum Gasteiger partial charge on any atom is 0.275 e. The first-order chi connectivity index (χ1) is 13.6. The van der Waals surface area contributed by atoms with Crippen molar-refractivity contribution in [1.29, 1.82) is 0 Å². The lowest BCUT2D eigenvalue weighted by atomic mass is 10.2. The number of halogens is 1. The van der Waals surface area contributed by atoms with Crippen LogP contribution in [-0.4, -0.2) is 42.2 Å². The second kappa shape index (κ2) is 8.26. The summed E-state index contributed by atoms with van der Waals surface area (Å²) < 4.78 is 5.37. The van der Waals surface area contributed by atoms with Gasteiger partial charge >= 0.3 is 0 Å². The molecule has 1 saturated heterocycles. The summed E-state index contributed by atoms with van der Waals surface area (Å²) in [5.41, 5.74) is 2.90. The lowest BCUT2D eigenvalue weighted by Crippen LogP contribution is -2.36. The van der Waals surface area contributed by atoms with Gasteiger partial charge in [0.05, 0.1) is 13.2 Å². The molecule has 1 amide bonds. The van der Waals surface area contributed by atoms with Crippen molar-refractivity contribution < 1.29 is 9.53 Å². The summed E-state index contributed by atoms with van der Waals surface area (Å²) >= 11 is 7.39. The van der Waals surface area contributed by atoms with Crippen LogP contribution in [0.15, 0.2) is 41.9 Å². The first-order valence-electron chi connectivity index (χ1n) is 8.92. The molecule has 3 heterocycles. The molecule has 0 bridgehead atoms. The minimum absolute atomic E-state index is 0.245. The van der Waals surface area contributed by atoms with Crippen molar-refractivity contribution in [3.63, 3.8) is 0 Å². The molecule has 0 radical (unpaired) electrons. The number of carbonyl (C=O) groups is 1. The van der Waals surface area contributed by atoms with E-state index in [1.54, 1.807) is 23.7 Å². The van der Waals surface area contributed by atoms with Crippen LogP contribution in [-0.2, 0) is 4.74 Å². The van der Waals surface area contributed by atoms with Crippen molar-refractivity contribution in [3.05, 3.63) is 58.2 Å². The third-order valence-corrected chi connectivity index (χ3v) is 5.63. The van der Waals surface area contributed by atoms with E-state index in [4.69, 9.17) is 16.3 Å². The zero-order valence-electron chi connectivity index (χ0n) is 15.3. The zero-order valence-corrected chi connectivity index (χ0v) is 16.9. The number of morpholine rings is 1. The molecule has 144 valence electrons. The van der Waals surface area contributed by atoms with Gasteiger partial charge in [0.2, 0.25) is 0 Å². The monoisotopic (exact) mass is 414 g/mol. The number of aromatic nitrogens is 2. The number of rotatable bonds is 4. The molecule has 1 aliphatic rings. The summed E-state index contributed by atoms with van der Waals surface area (Å²) in [5, 5.41) is 6.04. The number of thiazole rings is 1. The van der Waals surface area contributed by atoms with Gasteiger partial charge in [0.15, 0.2) is 0 Å². The topological polar surface area (TPSA) is 67.4 Å². The Morgan fingerprint density at radius 3 is 2.79 bits per heavy atom. The molecule has 0 spiro atoms. The molecule has 6 nitrogen and oxygen atoms in total. The Hall–Kier alpha value is -2.48. The average molecular weight is 415 g/mol. The van der Waals surface area contributed by atoms with Gasteiger partial charge in [0.25, 0.3) is 5.91 Å². The Kier molecular flexibility index (Phi) is 5.57. The SMILES string of the molecule is Cc1cc(Cl)ccc1NC(=O)c1csc(-c2ccc(N3CCOCC3)nc2)n1. The number of amides is 1. The Labute approximate surface area is 172 Å². The van der Waals surface area contributed by atoms with Gasteiger partial charge in [-0.1, -0.05) is 11.6 Å². The molecule has 0 aliphatic carbocycles. The lowest BCUT2D eigenvalue weighted by Gasteiger charge is -2.27. The van der Waals surface area contributed by atoms with Crippen LogP contribution in [0.1, 0.15) is 16.1 Å². The van der Waals surface area contributed by atoms with Crippen LogP contribution in [0.5, 0.6) is 0 Å². The van der Waals surface area contributed by atoms with Crippen molar-refractivity contribution in [2.24, 2.45) is 0 Å². The second-order valence-corrected chi connectivity index (χ2v) is 7.75. The number of carbonyl (C=O) groups excluding carboxylic acids is 1. The smallest absolute Gasteiger partial charge is 0.275 e. The van der Waals surface area contributed by atoms with E-state index in [2.05, 4.69) is 20.2 Å². The van der Waals surface area contributed by atoms with Crippen molar-refractivity contribution in [2.75, 3.05) is 36.5 Å². The molecule has 3 aromatic rings. The highest BCUT2D eigenvalue weighted by molar-refractivity contribution is 7.13. The van der Waals surface area contributed by atoms with Crippen LogP contribution >= 0.6 is 22.9 Å². The second-order valence-electron chi connectivity index (χ2n) is 6.46. The fourth-order valence-corrected chi connectivity index (χ4v) is 3.97.